The van der Waals surface area contributed by atoms with E-state index in [1.54, 1.807) is 23.5 Å². The van der Waals surface area contributed by atoms with Crippen LogP contribution in [0.3, 0.4) is 0 Å². The zero-order valence-electron chi connectivity index (χ0n) is 13.0. The maximum atomic E-state index is 11.7. The summed E-state index contributed by atoms with van der Waals surface area (Å²) >= 11 is 1.61. The lowest BCUT2D eigenvalue weighted by Crippen LogP contribution is -2.23. The largest absolute Gasteiger partial charge is 0.497 e. The number of aromatic nitrogens is 1. The number of ether oxygens (including phenoxy) is 1. The number of amides is 1. The lowest BCUT2D eigenvalue weighted by Gasteiger charge is -2.09. The van der Waals surface area contributed by atoms with Crippen molar-refractivity contribution < 1.29 is 9.53 Å². The van der Waals surface area contributed by atoms with Crippen LogP contribution in [-0.2, 0) is 11.2 Å². The Hall–Kier alpha value is -1.73. The van der Waals surface area contributed by atoms with Gasteiger partial charge in [-0.2, -0.15) is 5.10 Å². The minimum atomic E-state index is 0. The molecule has 0 fully saturated rings. The second kappa shape index (κ2) is 7.70. The Kier molecular flexibility index (Phi) is 5.90. The zero-order valence-corrected chi connectivity index (χ0v) is 15.5. The fraction of sp³-hybridized carbons (Fsp3) is 0.312. The Labute approximate surface area is 149 Å². The third-order valence-electron chi connectivity index (χ3n) is 3.46. The molecular weight excluding hydrogens is 378 g/mol. The van der Waals surface area contributed by atoms with Crippen molar-refractivity contribution in [3.63, 3.8) is 0 Å². The van der Waals surface area contributed by atoms with Crippen LogP contribution in [-0.4, -0.2) is 35.3 Å². The smallest absolute Gasteiger partial charge is 0.248 e. The summed E-state index contributed by atoms with van der Waals surface area (Å²) in [4.78, 5) is 16.3. The van der Waals surface area contributed by atoms with Crippen molar-refractivity contribution in [2.45, 2.75) is 19.8 Å². The molecule has 0 saturated heterocycles. The van der Waals surface area contributed by atoms with Crippen LogP contribution in [0.5, 0.6) is 5.75 Å². The third kappa shape index (κ3) is 4.17. The molecule has 0 atom stereocenters. The number of nitrogens with zero attached hydrogens (tertiary/aromatic N) is 3. The highest BCUT2D eigenvalue weighted by Crippen LogP contribution is 2.24. The van der Waals surface area contributed by atoms with Crippen LogP contribution in [0.15, 0.2) is 34.7 Å². The number of hydrogen-bond donors (Lipinski definition) is 0. The molecule has 2 heterocycles. The summed E-state index contributed by atoms with van der Waals surface area (Å²) in [6.07, 6.45) is 1.16. The van der Waals surface area contributed by atoms with Crippen LogP contribution in [0, 0.1) is 0 Å². The van der Waals surface area contributed by atoms with Gasteiger partial charge in [0, 0.05) is 23.1 Å². The number of rotatable bonds is 5. The molecule has 7 heteroatoms. The van der Waals surface area contributed by atoms with E-state index in [0.717, 1.165) is 34.1 Å². The van der Waals surface area contributed by atoms with E-state index in [4.69, 9.17) is 4.74 Å². The minimum Gasteiger partial charge on any atom is -0.497 e. The van der Waals surface area contributed by atoms with Crippen LogP contribution in [0.25, 0.3) is 11.3 Å². The topological polar surface area (TPSA) is 54.8 Å². The maximum Gasteiger partial charge on any atom is 0.248 e. The number of hydrogen-bond acceptors (Lipinski definition) is 5. The van der Waals surface area contributed by atoms with Gasteiger partial charge in [-0.3, -0.25) is 4.79 Å². The number of carbonyl (C=O) groups excluding carboxylic acids is 1. The second-order valence-corrected chi connectivity index (χ2v) is 6.08. The molecule has 1 aromatic heterocycles. The number of methoxy groups -OCH3 is 1. The van der Waals surface area contributed by atoms with Gasteiger partial charge in [0.1, 0.15) is 5.75 Å². The van der Waals surface area contributed by atoms with E-state index < -0.39 is 0 Å². The van der Waals surface area contributed by atoms with Gasteiger partial charge < -0.3 is 4.74 Å². The van der Waals surface area contributed by atoms with Gasteiger partial charge in [0.05, 0.1) is 30.8 Å². The van der Waals surface area contributed by atoms with Gasteiger partial charge in [-0.15, -0.1) is 28.3 Å². The summed E-state index contributed by atoms with van der Waals surface area (Å²) in [5.41, 5.74) is 2.90. The van der Waals surface area contributed by atoms with Crippen LogP contribution in [0.4, 0.5) is 0 Å². The van der Waals surface area contributed by atoms with Gasteiger partial charge in [-0.05, 0) is 31.2 Å². The van der Waals surface area contributed by atoms with E-state index in [0.29, 0.717) is 13.0 Å². The molecule has 2 aromatic rings. The molecule has 122 valence electrons. The van der Waals surface area contributed by atoms with E-state index in [-0.39, 0.29) is 22.9 Å². The van der Waals surface area contributed by atoms with Gasteiger partial charge in [-0.1, -0.05) is 0 Å². The van der Waals surface area contributed by atoms with E-state index in [1.165, 1.54) is 0 Å². The summed E-state index contributed by atoms with van der Waals surface area (Å²) in [7, 11) is 1.65. The van der Waals surface area contributed by atoms with Crippen LogP contribution in [0.2, 0.25) is 0 Å². The van der Waals surface area contributed by atoms with Gasteiger partial charge in [0.15, 0.2) is 0 Å². The Morgan fingerprint density at radius 1 is 1.30 bits per heavy atom. The maximum absolute atomic E-state index is 11.7. The standard InChI is InChI=1S/C16H17N3O2S.BrH/c1-11-9-16(20)19(18-11)8-7-15-17-14(10-22-15)12-3-5-13(21-2)6-4-12;/h3-6,10H,7-9H2,1-2H3;1H. The molecule has 1 amide bonds. The normalized spacial score (nSPS) is 13.7. The zero-order chi connectivity index (χ0) is 15.5. The number of carbonyl (C=O) groups is 1. The van der Waals surface area contributed by atoms with Crippen molar-refractivity contribution in [1.29, 1.82) is 0 Å². The highest BCUT2D eigenvalue weighted by atomic mass is 79.9. The van der Waals surface area contributed by atoms with Crippen molar-refractivity contribution in [3.05, 3.63) is 34.7 Å². The van der Waals surface area contributed by atoms with Crippen molar-refractivity contribution in [2.24, 2.45) is 5.10 Å². The van der Waals surface area contributed by atoms with Gasteiger partial charge in [0.2, 0.25) is 5.91 Å². The first-order valence-corrected chi connectivity index (χ1v) is 7.97. The van der Waals surface area contributed by atoms with Gasteiger partial charge in [-0.25, -0.2) is 9.99 Å². The summed E-state index contributed by atoms with van der Waals surface area (Å²) < 4.78 is 5.16. The summed E-state index contributed by atoms with van der Waals surface area (Å²) in [6.45, 7) is 2.47. The minimum absolute atomic E-state index is 0. The average Bonchev–Trinajstić information content (AvgIpc) is 3.12. The molecule has 3 rings (SSSR count). The molecule has 0 N–H and O–H groups in total. The fourth-order valence-corrected chi connectivity index (χ4v) is 3.10. The van der Waals surface area contributed by atoms with Crippen LogP contribution in [0.1, 0.15) is 18.4 Å². The molecule has 1 aliphatic heterocycles. The summed E-state index contributed by atoms with van der Waals surface area (Å²) in [5.74, 6) is 0.907. The molecule has 0 bridgehead atoms. The first-order chi connectivity index (χ1) is 10.7. The lowest BCUT2D eigenvalue weighted by molar-refractivity contribution is -0.128. The van der Waals surface area contributed by atoms with Crippen molar-refractivity contribution >= 4 is 39.9 Å². The molecule has 0 unspecified atom stereocenters. The Morgan fingerprint density at radius 2 is 2.04 bits per heavy atom. The van der Waals surface area contributed by atoms with Crippen molar-refractivity contribution in [2.75, 3.05) is 13.7 Å². The molecule has 0 radical (unpaired) electrons. The highest BCUT2D eigenvalue weighted by Gasteiger charge is 2.20. The molecule has 1 aliphatic rings. The van der Waals surface area contributed by atoms with Crippen molar-refractivity contribution in [1.82, 2.24) is 9.99 Å². The summed E-state index contributed by atoms with van der Waals surface area (Å²) in [5, 5.41) is 8.83. The number of benzene rings is 1. The molecule has 23 heavy (non-hydrogen) atoms. The first-order valence-electron chi connectivity index (χ1n) is 7.09. The molecule has 5 nitrogen and oxygen atoms in total. The van der Waals surface area contributed by atoms with Crippen molar-refractivity contribution in [3.8, 4) is 17.0 Å². The average molecular weight is 396 g/mol. The first kappa shape index (κ1) is 17.6. The van der Waals surface area contributed by atoms with E-state index in [9.17, 15) is 4.79 Å². The predicted molar refractivity (Wildman–Crippen MR) is 97.6 cm³/mol. The number of hydrazone groups is 1. The van der Waals surface area contributed by atoms with Gasteiger partial charge in [0.25, 0.3) is 0 Å². The molecule has 0 aliphatic carbocycles. The molecule has 0 spiro atoms. The Morgan fingerprint density at radius 3 is 2.65 bits per heavy atom. The van der Waals surface area contributed by atoms with E-state index in [2.05, 4.69) is 10.1 Å². The molecule has 1 aromatic carbocycles. The fourth-order valence-electron chi connectivity index (χ4n) is 2.30. The SMILES string of the molecule is Br.COc1ccc(-c2csc(CCN3N=C(C)CC3=O)n2)cc1. The molecular formula is C16H18BrN3O2S. The number of thiazole rings is 1. The van der Waals surface area contributed by atoms with E-state index in [1.807, 2.05) is 36.6 Å². The van der Waals surface area contributed by atoms with Crippen LogP contribution >= 0.6 is 28.3 Å². The molecule has 0 saturated carbocycles. The monoisotopic (exact) mass is 395 g/mol. The predicted octanol–water partition coefficient (Wildman–Crippen LogP) is 3.55. The van der Waals surface area contributed by atoms with Crippen LogP contribution < -0.4 is 4.74 Å². The second-order valence-electron chi connectivity index (χ2n) is 5.13. The lowest BCUT2D eigenvalue weighted by atomic mass is 10.2. The van der Waals surface area contributed by atoms with E-state index >= 15 is 0 Å². The summed E-state index contributed by atoms with van der Waals surface area (Å²) in [6, 6.07) is 7.84. The van der Waals surface area contributed by atoms with Gasteiger partial charge >= 0.3 is 0 Å². The highest BCUT2D eigenvalue weighted by molar-refractivity contribution is 8.93. The Bertz CT molecular complexity index is 712. The third-order valence-corrected chi connectivity index (χ3v) is 4.37. The Balaban J connectivity index is 0.00000192. The number of halogens is 1. The quantitative estimate of drug-likeness (QED) is 0.777.